The topological polar surface area (TPSA) is 86.8 Å². The number of unbranched alkanes of at least 4 members (excludes halogenated alkanes) is 1. The lowest BCUT2D eigenvalue weighted by atomic mass is 10.0. The van der Waals surface area contributed by atoms with Crippen molar-refractivity contribution in [3.8, 4) is 0 Å². The molecule has 3 rings (SSSR count). The molecule has 0 saturated heterocycles. The second-order valence-corrected chi connectivity index (χ2v) is 12.8. The summed E-state index contributed by atoms with van der Waals surface area (Å²) in [4.78, 5) is 29.3. The molecule has 1 atom stereocenters. The van der Waals surface area contributed by atoms with Crippen LogP contribution in [0.1, 0.15) is 42.0 Å². The van der Waals surface area contributed by atoms with Crippen molar-refractivity contribution in [2.75, 3.05) is 23.7 Å². The maximum Gasteiger partial charge on any atom is 0.244 e. The quantitative estimate of drug-likeness (QED) is 0.258. The van der Waals surface area contributed by atoms with E-state index in [9.17, 15) is 18.0 Å². The van der Waals surface area contributed by atoms with Crippen LogP contribution >= 0.6 is 15.9 Å². The van der Waals surface area contributed by atoms with E-state index >= 15 is 0 Å². The van der Waals surface area contributed by atoms with E-state index in [2.05, 4.69) is 21.2 Å². The molecule has 0 aromatic heterocycles. The summed E-state index contributed by atoms with van der Waals surface area (Å²) in [6, 6.07) is 21.6. The number of hydrogen-bond acceptors (Lipinski definition) is 4. The molecule has 2 amide bonds. The van der Waals surface area contributed by atoms with E-state index in [1.807, 2.05) is 75.4 Å². The number of amides is 2. The molecule has 0 spiro atoms. The minimum Gasteiger partial charge on any atom is -0.354 e. The molecule has 7 nitrogen and oxygen atoms in total. The average Bonchev–Trinajstić information content (AvgIpc) is 2.91. The molecule has 0 radical (unpaired) electrons. The fraction of sp³-hybridized carbons (Fsp3) is 0.355. The number of rotatable bonds is 13. The molecule has 3 aromatic rings. The Morgan fingerprint density at radius 1 is 0.950 bits per heavy atom. The van der Waals surface area contributed by atoms with Crippen LogP contribution in [0, 0.1) is 13.8 Å². The Balaban J connectivity index is 2.04. The Morgan fingerprint density at radius 2 is 1.65 bits per heavy atom. The van der Waals surface area contributed by atoms with Gasteiger partial charge in [-0.3, -0.25) is 13.9 Å². The van der Waals surface area contributed by atoms with Gasteiger partial charge in [0.2, 0.25) is 21.8 Å². The molecule has 0 saturated carbocycles. The highest BCUT2D eigenvalue weighted by Crippen LogP contribution is 2.25. The first-order chi connectivity index (χ1) is 19.0. The monoisotopic (exact) mass is 627 g/mol. The summed E-state index contributed by atoms with van der Waals surface area (Å²) in [6.45, 7) is 6.10. The van der Waals surface area contributed by atoms with E-state index in [4.69, 9.17) is 0 Å². The van der Waals surface area contributed by atoms with E-state index < -0.39 is 28.5 Å². The van der Waals surface area contributed by atoms with Crippen LogP contribution in [0.3, 0.4) is 0 Å². The van der Waals surface area contributed by atoms with Crippen LogP contribution in [0.15, 0.2) is 77.3 Å². The third-order valence-corrected chi connectivity index (χ3v) is 8.68. The van der Waals surface area contributed by atoms with Gasteiger partial charge in [-0.2, -0.15) is 0 Å². The minimum atomic E-state index is -3.81. The van der Waals surface area contributed by atoms with Crippen LogP contribution in [0.4, 0.5) is 5.69 Å². The van der Waals surface area contributed by atoms with Crippen LogP contribution < -0.4 is 9.62 Å². The summed E-state index contributed by atoms with van der Waals surface area (Å²) in [7, 11) is -3.81. The Morgan fingerprint density at radius 3 is 2.27 bits per heavy atom. The fourth-order valence-corrected chi connectivity index (χ4v) is 5.55. The predicted octanol–water partition coefficient (Wildman–Crippen LogP) is 5.39. The van der Waals surface area contributed by atoms with Crippen molar-refractivity contribution in [3.05, 3.63) is 99.5 Å². The number of carbonyl (C=O) groups excluding carboxylic acids is 2. The number of hydrogen-bond donors (Lipinski definition) is 1. The lowest BCUT2D eigenvalue weighted by molar-refractivity contribution is -0.140. The van der Waals surface area contributed by atoms with Gasteiger partial charge < -0.3 is 10.2 Å². The predicted molar refractivity (Wildman–Crippen MR) is 165 cm³/mol. The molecule has 0 fully saturated rings. The number of aryl methyl sites for hydroxylation is 2. The summed E-state index contributed by atoms with van der Waals surface area (Å²) < 4.78 is 27.8. The molecule has 0 aliphatic rings. The highest BCUT2D eigenvalue weighted by atomic mass is 79.9. The van der Waals surface area contributed by atoms with E-state index in [1.165, 1.54) is 4.90 Å². The van der Waals surface area contributed by atoms with Crippen molar-refractivity contribution in [2.45, 2.75) is 52.6 Å². The third-order valence-electron chi connectivity index (χ3n) is 6.64. The van der Waals surface area contributed by atoms with E-state index in [1.54, 1.807) is 18.2 Å². The summed E-state index contributed by atoms with van der Waals surface area (Å²) in [5.74, 6) is -0.720. The number of halogens is 1. The first-order valence-corrected chi connectivity index (χ1v) is 16.0. The van der Waals surface area contributed by atoms with Crippen LogP contribution in [-0.4, -0.2) is 50.5 Å². The highest BCUT2D eigenvalue weighted by molar-refractivity contribution is 9.10. The lowest BCUT2D eigenvalue weighted by Crippen LogP contribution is -2.53. The van der Waals surface area contributed by atoms with Gasteiger partial charge in [-0.05, 0) is 55.2 Å². The van der Waals surface area contributed by atoms with Crippen LogP contribution in [0.2, 0.25) is 0 Å². The summed E-state index contributed by atoms with van der Waals surface area (Å²) in [5, 5.41) is 3.00. The number of carbonyl (C=O) groups is 2. The largest absolute Gasteiger partial charge is 0.354 e. The van der Waals surface area contributed by atoms with Crippen molar-refractivity contribution in [2.24, 2.45) is 0 Å². The molecule has 40 heavy (non-hydrogen) atoms. The lowest BCUT2D eigenvalue weighted by Gasteiger charge is -2.33. The maximum atomic E-state index is 14.1. The Hall–Kier alpha value is -3.17. The highest BCUT2D eigenvalue weighted by Gasteiger charge is 2.33. The number of nitrogens with zero attached hydrogens (tertiary/aromatic N) is 2. The first-order valence-electron chi connectivity index (χ1n) is 13.4. The smallest absolute Gasteiger partial charge is 0.244 e. The normalized spacial score (nSPS) is 12.0. The average molecular weight is 629 g/mol. The van der Waals surface area contributed by atoms with Gasteiger partial charge in [0.05, 0.1) is 11.9 Å². The van der Waals surface area contributed by atoms with Gasteiger partial charge in [-0.25, -0.2) is 8.42 Å². The van der Waals surface area contributed by atoms with Crippen molar-refractivity contribution in [3.63, 3.8) is 0 Å². The molecule has 0 bridgehead atoms. The molecule has 0 heterocycles. The summed E-state index contributed by atoms with van der Waals surface area (Å²) >= 11 is 3.45. The second kappa shape index (κ2) is 14.5. The molecular formula is C31H38BrN3O4S. The molecule has 3 aromatic carbocycles. The number of benzene rings is 3. The molecule has 0 aliphatic carbocycles. The number of sulfonamides is 1. The van der Waals surface area contributed by atoms with E-state index in [0.29, 0.717) is 18.7 Å². The Bertz CT molecular complexity index is 1410. The summed E-state index contributed by atoms with van der Waals surface area (Å²) in [5.41, 5.74) is 4.02. The summed E-state index contributed by atoms with van der Waals surface area (Å²) in [6.07, 6.45) is 3.12. The molecule has 9 heteroatoms. The Labute approximate surface area is 246 Å². The van der Waals surface area contributed by atoms with E-state index in [-0.39, 0.29) is 12.5 Å². The minimum absolute atomic E-state index is 0.163. The molecule has 0 aliphatic heterocycles. The van der Waals surface area contributed by atoms with Crippen LogP contribution in [-0.2, 0) is 32.6 Å². The van der Waals surface area contributed by atoms with E-state index in [0.717, 1.165) is 50.1 Å². The first kappa shape index (κ1) is 31.4. The van der Waals surface area contributed by atoms with Gasteiger partial charge in [0.25, 0.3) is 0 Å². The molecular weight excluding hydrogens is 590 g/mol. The fourth-order valence-electron chi connectivity index (χ4n) is 4.47. The number of nitrogens with one attached hydrogen (secondary N) is 1. The maximum absolute atomic E-state index is 14.1. The van der Waals surface area contributed by atoms with Crippen LogP contribution in [0.25, 0.3) is 0 Å². The van der Waals surface area contributed by atoms with Crippen molar-refractivity contribution in [1.29, 1.82) is 0 Å². The Kier molecular flexibility index (Phi) is 11.3. The van der Waals surface area contributed by atoms with Gasteiger partial charge >= 0.3 is 0 Å². The van der Waals surface area contributed by atoms with Gasteiger partial charge in [0, 0.05) is 24.0 Å². The van der Waals surface area contributed by atoms with Crippen molar-refractivity contribution >= 4 is 43.5 Å². The van der Waals surface area contributed by atoms with Crippen LogP contribution in [0.5, 0.6) is 0 Å². The van der Waals surface area contributed by atoms with Gasteiger partial charge in [0.15, 0.2) is 0 Å². The van der Waals surface area contributed by atoms with Gasteiger partial charge in [-0.15, -0.1) is 0 Å². The zero-order chi connectivity index (χ0) is 29.3. The van der Waals surface area contributed by atoms with Gasteiger partial charge in [-0.1, -0.05) is 89.4 Å². The molecule has 1 N–H and O–H groups in total. The zero-order valence-corrected chi connectivity index (χ0v) is 26.0. The van der Waals surface area contributed by atoms with Crippen molar-refractivity contribution in [1.82, 2.24) is 10.2 Å². The number of anilines is 1. The standard InChI is InChI=1S/C31H38BrN3O4S/c1-5-6-17-33-31(37)29(20-25-12-8-7-9-13-25)34(21-26-14-10-11-23(2)18-26)30(36)22-35(40(4,38)39)27-15-16-28(32)24(3)19-27/h7-16,18-19,29H,5-6,17,20-22H2,1-4H3,(H,33,37). The SMILES string of the molecule is CCCCNC(=O)C(Cc1ccccc1)N(Cc1cccc(C)c1)C(=O)CN(c1ccc(Br)c(C)c1)S(C)(=O)=O. The van der Waals surface area contributed by atoms with Gasteiger partial charge in [0.1, 0.15) is 12.6 Å². The third kappa shape index (κ3) is 8.93. The van der Waals surface area contributed by atoms with Crippen molar-refractivity contribution < 1.29 is 18.0 Å². The second-order valence-electron chi connectivity index (χ2n) is 10.1. The zero-order valence-electron chi connectivity index (χ0n) is 23.6. The molecule has 1 unspecified atom stereocenters. The molecule has 214 valence electrons.